The molecular weight excluding hydrogens is 406 g/mol. The van der Waals surface area contributed by atoms with E-state index < -0.39 is 34.2 Å². The first-order chi connectivity index (χ1) is 14.2. The van der Waals surface area contributed by atoms with Crippen LogP contribution in [0.15, 0.2) is 24.3 Å². The maximum Gasteiger partial charge on any atom is 0.234 e. The first kappa shape index (κ1) is 26.8. The van der Waals surface area contributed by atoms with Crippen molar-refractivity contribution in [1.29, 1.82) is 0 Å². The van der Waals surface area contributed by atoms with E-state index in [1.807, 2.05) is 23.0 Å². The van der Waals surface area contributed by atoms with E-state index in [9.17, 15) is 28.5 Å². The lowest BCUT2D eigenvalue weighted by Crippen LogP contribution is -2.31. The van der Waals surface area contributed by atoms with Gasteiger partial charge in [-0.05, 0) is 38.5 Å². The lowest BCUT2D eigenvalue weighted by atomic mass is 9.89. The molecule has 1 rings (SSSR count). The molecule has 1 aliphatic rings. The summed E-state index contributed by atoms with van der Waals surface area (Å²) in [4.78, 5) is 11.6. The number of nitrogens with one attached hydrogen (secondary N) is 1. The molecule has 0 aliphatic heterocycles. The zero-order valence-corrected chi connectivity index (χ0v) is 19.1. The Morgan fingerprint density at radius 1 is 1.13 bits per heavy atom. The van der Waals surface area contributed by atoms with Gasteiger partial charge < -0.3 is 15.3 Å². The number of aliphatic hydroxyl groups excluding tert-OH is 3. The summed E-state index contributed by atoms with van der Waals surface area (Å²) in [6.45, 7) is 3.59. The molecule has 1 aliphatic carbocycles. The van der Waals surface area contributed by atoms with Gasteiger partial charge in [-0.3, -0.25) is 9.52 Å². The Hall–Kier alpha value is -1.22. The van der Waals surface area contributed by atoms with Crippen LogP contribution in [0.5, 0.6) is 0 Å². The van der Waals surface area contributed by atoms with E-state index in [2.05, 4.69) is 6.92 Å². The summed E-state index contributed by atoms with van der Waals surface area (Å²) in [7, 11) is -3.51. The smallest absolute Gasteiger partial charge is 0.234 e. The first-order valence-corrected chi connectivity index (χ1v) is 12.8. The van der Waals surface area contributed by atoms with E-state index >= 15 is 0 Å². The van der Waals surface area contributed by atoms with Gasteiger partial charge in [-0.25, -0.2) is 8.42 Å². The van der Waals surface area contributed by atoms with E-state index in [0.717, 1.165) is 19.3 Å². The average Bonchev–Trinajstić information content (AvgIpc) is 2.95. The molecule has 30 heavy (non-hydrogen) atoms. The molecule has 0 spiro atoms. The van der Waals surface area contributed by atoms with E-state index in [1.54, 1.807) is 6.08 Å². The van der Waals surface area contributed by atoms with Gasteiger partial charge in [-0.1, -0.05) is 50.5 Å². The molecule has 0 aromatic rings. The van der Waals surface area contributed by atoms with E-state index in [0.29, 0.717) is 32.1 Å². The Kier molecular flexibility index (Phi) is 12.5. The molecule has 5 atom stereocenters. The van der Waals surface area contributed by atoms with Crippen molar-refractivity contribution in [2.75, 3.05) is 5.75 Å². The highest BCUT2D eigenvalue weighted by Gasteiger charge is 2.39. The number of rotatable bonds is 14. The molecule has 0 radical (unpaired) electrons. The molecule has 0 unspecified atom stereocenters. The lowest BCUT2D eigenvalue weighted by molar-refractivity contribution is -0.119. The maximum absolute atomic E-state index is 11.6. The highest BCUT2D eigenvalue weighted by atomic mass is 32.2. The Morgan fingerprint density at radius 2 is 1.87 bits per heavy atom. The van der Waals surface area contributed by atoms with Crippen LogP contribution in [0.2, 0.25) is 0 Å². The van der Waals surface area contributed by atoms with Gasteiger partial charge in [0.05, 0.1) is 24.1 Å². The number of sulfonamides is 1. The third-order valence-corrected chi connectivity index (χ3v) is 6.87. The van der Waals surface area contributed by atoms with Crippen LogP contribution in [0.1, 0.15) is 71.6 Å². The molecular formula is C22H39NO6S. The Morgan fingerprint density at radius 3 is 2.53 bits per heavy atom. The third-order valence-electron chi connectivity index (χ3n) is 5.57. The van der Waals surface area contributed by atoms with Gasteiger partial charge in [-0.2, -0.15) is 0 Å². The summed E-state index contributed by atoms with van der Waals surface area (Å²) in [5, 5.41) is 30.6. The fraction of sp³-hybridized carbons (Fsp3) is 0.773. The van der Waals surface area contributed by atoms with E-state index in [-0.39, 0.29) is 24.0 Å². The van der Waals surface area contributed by atoms with Crippen LogP contribution in [0.25, 0.3) is 0 Å². The topological polar surface area (TPSA) is 124 Å². The molecule has 0 bridgehead atoms. The molecule has 0 aromatic carbocycles. The number of aliphatic hydroxyl groups is 3. The minimum absolute atomic E-state index is 0.117. The van der Waals surface area contributed by atoms with Gasteiger partial charge in [0.1, 0.15) is 0 Å². The van der Waals surface area contributed by atoms with Gasteiger partial charge in [0.2, 0.25) is 15.9 Å². The summed E-state index contributed by atoms with van der Waals surface area (Å²) < 4.78 is 24.7. The number of allylic oxidation sites excluding steroid dienone is 2. The number of hydrogen-bond acceptors (Lipinski definition) is 6. The molecule has 0 aromatic heterocycles. The molecule has 1 fully saturated rings. The fourth-order valence-corrected chi connectivity index (χ4v) is 4.30. The quantitative estimate of drug-likeness (QED) is 0.240. The van der Waals surface area contributed by atoms with Gasteiger partial charge >= 0.3 is 0 Å². The third kappa shape index (κ3) is 10.2. The first-order valence-electron chi connectivity index (χ1n) is 11.1. The van der Waals surface area contributed by atoms with E-state index in [4.69, 9.17) is 0 Å². The van der Waals surface area contributed by atoms with Gasteiger partial charge in [-0.15, -0.1) is 0 Å². The number of carbonyl (C=O) groups excluding carboxylic acids is 1. The second-order valence-electron chi connectivity index (χ2n) is 8.09. The standard InChI is InChI=1S/C22H39NO6S/c1-3-5-8-11-17(24)14-15-19-18(20(25)16-21(19)26)12-9-6-7-10-13-22(27)23-30(28,29)4-2/h6,9,14-15,17-21,24-26H,3-5,7-8,10-13,16H2,1-2H3,(H,23,27)/t17-,18-,19-,20+,21-/m1/s1. The average molecular weight is 446 g/mol. The SMILES string of the molecule is CCCCC[C@@H](O)C=C[C@@H]1[C@@H](CC=CCCCC(=O)NS(=O)(=O)CC)[C@@H](O)C[C@H]1O. The van der Waals surface area contributed by atoms with Crippen LogP contribution in [-0.2, 0) is 14.8 Å². The largest absolute Gasteiger partial charge is 0.393 e. The van der Waals surface area contributed by atoms with Crippen LogP contribution in [0.3, 0.4) is 0 Å². The molecule has 4 N–H and O–H groups in total. The second-order valence-corrected chi connectivity index (χ2v) is 10.1. The highest BCUT2D eigenvalue weighted by Crippen LogP contribution is 2.36. The Bertz CT molecular complexity index is 661. The van der Waals surface area contributed by atoms with Crippen molar-refractivity contribution in [3.8, 4) is 0 Å². The molecule has 8 heteroatoms. The van der Waals surface area contributed by atoms with Crippen molar-refractivity contribution < 1.29 is 28.5 Å². The van der Waals surface area contributed by atoms with Crippen LogP contribution in [0.4, 0.5) is 0 Å². The molecule has 0 saturated heterocycles. The van der Waals surface area contributed by atoms with Crippen molar-refractivity contribution in [1.82, 2.24) is 4.72 Å². The minimum atomic E-state index is -3.51. The van der Waals surface area contributed by atoms with Crippen LogP contribution >= 0.6 is 0 Å². The van der Waals surface area contributed by atoms with E-state index in [1.165, 1.54) is 6.92 Å². The molecule has 1 saturated carbocycles. The predicted molar refractivity (Wildman–Crippen MR) is 118 cm³/mol. The molecule has 0 heterocycles. The summed E-state index contributed by atoms with van der Waals surface area (Å²) in [5.41, 5.74) is 0. The molecule has 174 valence electrons. The summed E-state index contributed by atoms with van der Waals surface area (Å²) in [6, 6.07) is 0. The maximum atomic E-state index is 11.6. The van der Waals surface area contributed by atoms with Crippen molar-refractivity contribution in [3.63, 3.8) is 0 Å². The van der Waals surface area contributed by atoms with Crippen LogP contribution in [0, 0.1) is 11.8 Å². The normalized spacial score (nSPS) is 25.9. The Balaban J connectivity index is 2.43. The fourth-order valence-electron chi connectivity index (χ4n) is 3.71. The van der Waals surface area contributed by atoms with Crippen LogP contribution < -0.4 is 4.72 Å². The van der Waals surface area contributed by atoms with Crippen molar-refractivity contribution in [3.05, 3.63) is 24.3 Å². The number of carbonyl (C=O) groups is 1. The lowest BCUT2D eigenvalue weighted by Gasteiger charge is -2.19. The van der Waals surface area contributed by atoms with Crippen molar-refractivity contribution in [2.45, 2.75) is 89.9 Å². The van der Waals surface area contributed by atoms with Crippen LogP contribution in [-0.4, -0.2) is 53.7 Å². The number of unbranched alkanes of at least 4 members (excludes halogenated alkanes) is 3. The number of hydrogen-bond donors (Lipinski definition) is 4. The Labute approximate surface area is 181 Å². The van der Waals surface area contributed by atoms with Gasteiger partial charge in [0.15, 0.2) is 0 Å². The van der Waals surface area contributed by atoms with Crippen molar-refractivity contribution >= 4 is 15.9 Å². The summed E-state index contributed by atoms with van der Waals surface area (Å²) >= 11 is 0. The highest BCUT2D eigenvalue weighted by molar-refractivity contribution is 7.90. The number of amides is 1. The van der Waals surface area contributed by atoms with Gasteiger partial charge in [0, 0.05) is 18.8 Å². The minimum Gasteiger partial charge on any atom is -0.393 e. The predicted octanol–water partition coefficient (Wildman–Crippen LogP) is 2.42. The van der Waals surface area contributed by atoms with Crippen molar-refractivity contribution in [2.24, 2.45) is 11.8 Å². The molecule has 7 nitrogen and oxygen atoms in total. The zero-order valence-electron chi connectivity index (χ0n) is 18.2. The van der Waals surface area contributed by atoms with Gasteiger partial charge in [0.25, 0.3) is 0 Å². The summed E-state index contributed by atoms with van der Waals surface area (Å²) in [6.07, 6.45) is 11.7. The summed E-state index contributed by atoms with van der Waals surface area (Å²) in [5.74, 6) is -0.939. The molecule has 1 amide bonds. The zero-order chi connectivity index (χ0) is 22.6. The monoisotopic (exact) mass is 445 g/mol. The second kappa shape index (κ2) is 14.0.